The Morgan fingerprint density at radius 1 is 0.745 bits per heavy atom. The predicted molar refractivity (Wildman–Crippen MR) is 178 cm³/mol. The van der Waals surface area contributed by atoms with Crippen LogP contribution in [0.5, 0.6) is 11.5 Å². The zero-order valence-corrected chi connectivity index (χ0v) is 28.1. The second-order valence-electron chi connectivity index (χ2n) is 12.1. The molecular formula is C39H32F2N4OPd. The van der Waals surface area contributed by atoms with Crippen molar-refractivity contribution in [3.63, 3.8) is 0 Å². The van der Waals surface area contributed by atoms with Crippen molar-refractivity contribution in [3.05, 3.63) is 132 Å². The average Bonchev–Trinajstić information content (AvgIpc) is 3.58. The number of halogens is 2. The first-order valence-corrected chi connectivity index (χ1v) is 15.4. The summed E-state index contributed by atoms with van der Waals surface area (Å²) in [6.45, 7) is 9.98. The second kappa shape index (κ2) is 12.9. The van der Waals surface area contributed by atoms with Crippen LogP contribution < -0.4 is 4.74 Å². The summed E-state index contributed by atoms with van der Waals surface area (Å²) >= 11 is 0. The largest absolute Gasteiger partial charge is 2.00 e. The standard InChI is InChI=1S/C39H32F2N4O.Pd/c1-23(2)38-37(36-31(40)13-9-14-32(36)41)39(24(3)4)45(43-38)26-10-8-11-27(21-26)46-28-16-17-30-29-12-6-7-15-33(29)44(34(30)22-28)35-20-25(5)18-19-42-35;/h6-20,23-24H,1-5H3;/q-2;+2. The van der Waals surface area contributed by atoms with Crippen molar-refractivity contribution in [2.45, 2.75) is 46.5 Å². The summed E-state index contributed by atoms with van der Waals surface area (Å²) in [6.07, 6.45) is 1.81. The maximum Gasteiger partial charge on any atom is 2.00 e. The molecule has 7 rings (SSSR count). The van der Waals surface area contributed by atoms with Crippen molar-refractivity contribution in [1.29, 1.82) is 0 Å². The number of pyridine rings is 1. The van der Waals surface area contributed by atoms with E-state index in [-0.39, 0.29) is 37.8 Å². The van der Waals surface area contributed by atoms with Crippen LogP contribution in [0.4, 0.5) is 8.78 Å². The van der Waals surface area contributed by atoms with Crippen molar-refractivity contribution in [2.75, 3.05) is 0 Å². The quantitative estimate of drug-likeness (QED) is 0.122. The Bertz CT molecular complexity index is 2230. The summed E-state index contributed by atoms with van der Waals surface area (Å²) in [5.74, 6) is 0.361. The zero-order chi connectivity index (χ0) is 32.1. The van der Waals surface area contributed by atoms with Crippen LogP contribution in [-0.4, -0.2) is 19.3 Å². The molecule has 0 aliphatic heterocycles. The first-order valence-electron chi connectivity index (χ1n) is 15.4. The smallest absolute Gasteiger partial charge is 0.509 e. The first kappa shape index (κ1) is 32.3. The molecule has 7 aromatic rings. The van der Waals surface area contributed by atoms with Gasteiger partial charge in [0.15, 0.2) is 0 Å². The molecule has 0 radical (unpaired) electrons. The van der Waals surface area contributed by atoms with E-state index >= 15 is 8.78 Å². The van der Waals surface area contributed by atoms with Crippen LogP contribution >= 0.6 is 0 Å². The Balaban J connectivity index is 0.00000386. The second-order valence-corrected chi connectivity index (χ2v) is 12.1. The summed E-state index contributed by atoms with van der Waals surface area (Å²) in [6, 6.07) is 32.5. The monoisotopic (exact) mass is 716 g/mol. The molecule has 47 heavy (non-hydrogen) atoms. The molecule has 0 atom stereocenters. The Hall–Kier alpha value is -4.64. The van der Waals surface area contributed by atoms with E-state index < -0.39 is 11.6 Å². The number of benzene rings is 4. The van der Waals surface area contributed by atoms with Crippen LogP contribution in [0.1, 0.15) is 56.5 Å². The molecule has 0 aliphatic rings. The van der Waals surface area contributed by atoms with Crippen LogP contribution in [-0.2, 0) is 20.4 Å². The Kier molecular flexibility index (Phi) is 8.85. The topological polar surface area (TPSA) is 44.9 Å². The summed E-state index contributed by atoms with van der Waals surface area (Å²) in [5, 5.41) is 7.04. The number of aromatic nitrogens is 4. The fraction of sp³-hybridized carbons (Fsp3) is 0.179. The third kappa shape index (κ3) is 5.77. The fourth-order valence-corrected chi connectivity index (χ4v) is 6.11. The predicted octanol–water partition coefficient (Wildman–Crippen LogP) is 10.3. The van der Waals surface area contributed by atoms with E-state index in [1.165, 1.54) is 18.2 Å². The van der Waals surface area contributed by atoms with E-state index in [4.69, 9.17) is 9.84 Å². The van der Waals surface area contributed by atoms with Gasteiger partial charge >= 0.3 is 20.4 Å². The third-order valence-corrected chi connectivity index (χ3v) is 8.14. The number of hydrogen-bond donors (Lipinski definition) is 0. The summed E-state index contributed by atoms with van der Waals surface area (Å²) in [5.41, 5.74) is 5.32. The van der Waals surface area contributed by atoms with Gasteiger partial charge in [0.25, 0.3) is 0 Å². The van der Waals surface area contributed by atoms with E-state index in [9.17, 15) is 0 Å². The molecule has 3 aromatic heterocycles. The van der Waals surface area contributed by atoms with Crippen LogP contribution in [0.25, 0.3) is 44.4 Å². The molecule has 4 aromatic carbocycles. The van der Waals surface area contributed by atoms with Crippen LogP contribution in [0.15, 0.2) is 91.1 Å². The molecule has 0 aliphatic carbocycles. The van der Waals surface area contributed by atoms with Gasteiger partial charge in [-0.1, -0.05) is 57.5 Å². The number of para-hydroxylation sites is 1. The van der Waals surface area contributed by atoms with E-state index in [0.717, 1.165) is 33.2 Å². The van der Waals surface area contributed by atoms with E-state index in [2.05, 4.69) is 33.8 Å². The van der Waals surface area contributed by atoms with Gasteiger partial charge in [-0.25, -0.2) is 13.8 Å². The van der Waals surface area contributed by atoms with Gasteiger partial charge in [-0.15, -0.1) is 35.7 Å². The van der Waals surface area contributed by atoms with Crippen molar-refractivity contribution < 1.29 is 33.9 Å². The normalized spacial score (nSPS) is 11.5. The minimum atomic E-state index is -0.617. The molecular weight excluding hydrogens is 685 g/mol. The number of rotatable bonds is 7. The molecule has 0 spiro atoms. The van der Waals surface area contributed by atoms with Gasteiger partial charge in [0.2, 0.25) is 0 Å². The average molecular weight is 717 g/mol. The number of ether oxygens (including phenoxy) is 1. The van der Waals surface area contributed by atoms with Gasteiger partial charge in [-0.3, -0.25) is 4.68 Å². The molecule has 0 saturated heterocycles. The van der Waals surface area contributed by atoms with Crippen LogP contribution in [0.2, 0.25) is 0 Å². The van der Waals surface area contributed by atoms with E-state index in [0.29, 0.717) is 34.1 Å². The number of fused-ring (bicyclic) bond motifs is 3. The maximum absolute atomic E-state index is 15.2. The molecule has 0 N–H and O–H groups in total. The van der Waals surface area contributed by atoms with Gasteiger partial charge in [0, 0.05) is 28.8 Å². The summed E-state index contributed by atoms with van der Waals surface area (Å²) in [4.78, 5) is 4.66. The van der Waals surface area contributed by atoms with Gasteiger partial charge in [0.1, 0.15) is 17.5 Å². The van der Waals surface area contributed by atoms with Gasteiger partial charge in [0.05, 0.1) is 17.0 Å². The maximum atomic E-state index is 15.2. The Labute approximate surface area is 286 Å². The van der Waals surface area contributed by atoms with Crippen molar-refractivity contribution >= 4 is 21.8 Å². The first-order chi connectivity index (χ1) is 22.2. The van der Waals surface area contributed by atoms with Crippen LogP contribution in [0, 0.1) is 30.7 Å². The van der Waals surface area contributed by atoms with Gasteiger partial charge in [-0.05, 0) is 65.7 Å². The van der Waals surface area contributed by atoms with Crippen molar-refractivity contribution in [1.82, 2.24) is 19.3 Å². The van der Waals surface area contributed by atoms with Gasteiger partial charge < -0.3 is 9.30 Å². The number of hydrogen-bond acceptors (Lipinski definition) is 3. The molecule has 0 saturated carbocycles. The minimum Gasteiger partial charge on any atom is -0.509 e. The molecule has 3 heterocycles. The number of aryl methyl sites for hydroxylation is 1. The van der Waals surface area contributed by atoms with E-state index in [1.54, 1.807) is 4.68 Å². The number of nitrogens with zero attached hydrogens (tertiary/aromatic N) is 4. The summed E-state index contributed by atoms with van der Waals surface area (Å²) in [7, 11) is 0. The molecule has 8 heteroatoms. The molecule has 0 fully saturated rings. The zero-order valence-electron chi connectivity index (χ0n) is 26.6. The van der Waals surface area contributed by atoms with E-state index in [1.807, 2.05) is 95.4 Å². The Morgan fingerprint density at radius 2 is 1.47 bits per heavy atom. The fourth-order valence-electron chi connectivity index (χ4n) is 6.11. The molecule has 238 valence electrons. The molecule has 0 bridgehead atoms. The Morgan fingerprint density at radius 3 is 2.19 bits per heavy atom. The van der Waals surface area contributed by atoms with Crippen molar-refractivity contribution in [3.8, 4) is 34.1 Å². The third-order valence-electron chi connectivity index (χ3n) is 8.14. The van der Waals surface area contributed by atoms with Crippen molar-refractivity contribution in [2.24, 2.45) is 0 Å². The van der Waals surface area contributed by atoms with Gasteiger partial charge in [-0.2, -0.15) is 17.2 Å². The van der Waals surface area contributed by atoms with Crippen LogP contribution in [0.3, 0.4) is 0 Å². The molecule has 0 amide bonds. The SMILES string of the molecule is Cc1ccnc(-n2c3[c-]c(Oc4[c-]c(-n5nc(C(C)C)c(-c6c(F)cccc6F)c5C(C)C)ccc4)ccc3c3ccccc32)c1.[Pd+2]. The molecule has 5 nitrogen and oxygen atoms in total. The minimum absolute atomic E-state index is 0. The summed E-state index contributed by atoms with van der Waals surface area (Å²) < 4.78 is 40.5. The molecule has 0 unspecified atom stereocenters.